The van der Waals surface area contributed by atoms with Crippen LogP contribution < -0.4 is 5.32 Å². The van der Waals surface area contributed by atoms with Crippen LogP contribution in [0.3, 0.4) is 0 Å². The first-order chi connectivity index (χ1) is 6.63. The van der Waals surface area contributed by atoms with E-state index in [9.17, 15) is 9.90 Å². The van der Waals surface area contributed by atoms with E-state index in [0.29, 0.717) is 19.4 Å². The Bertz CT molecular complexity index is 212. The molecule has 0 amide bonds. The molecule has 0 saturated heterocycles. The van der Waals surface area contributed by atoms with Crippen molar-refractivity contribution in [2.24, 2.45) is 0 Å². The second kappa shape index (κ2) is 6.44. The molecule has 0 saturated carbocycles. The largest absolute Gasteiger partial charge is 0.480 e. The van der Waals surface area contributed by atoms with E-state index < -0.39 is 11.5 Å². The lowest BCUT2D eigenvalue weighted by Gasteiger charge is -2.29. The van der Waals surface area contributed by atoms with Crippen LogP contribution in [0.4, 0.5) is 0 Å². The molecule has 0 heterocycles. The lowest BCUT2D eigenvalue weighted by atomic mass is 9.88. The average molecular weight is 197 g/mol. The van der Waals surface area contributed by atoms with Crippen LogP contribution in [-0.2, 0) is 4.79 Å². The highest BCUT2D eigenvalue weighted by Crippen LogP contribution is 2.19. The summed E-state index contributed by atoms with van der Waals surface area (Å²) in [4.78, 5) is 11.2. The molecule has 0 atom stereocenters. The summed E-state index contributed by atoms with van der Waals surface area (Å²) in [7, 11) is 0. The first-order valence-corrected chi connectivity index (χ1v) is 5.04. The van der Waals surface area contributed by atoms with Gasteiger partial charge in [-0.2, -0.15) is 0 Å². The van der Waals surface area contributed by atoms with E-state index in [-0.39, 0.29) is 0 Å². The molecular formula is C11H19NO2. The van der Waals surface area contributed by atoms with E-state index >= 15 is 0 Å². The third-order valence-electron chi connectivity index (χ3n) is 2.29. The molecule has 0 aliphatic carbocycles. The predicted molar refractivity (Wildman–Crippen MR) is 57.0 cm³/mol. The third-order valence-corrected chi connectivity index (χ3v) is 2.29. The zero-order valence-electron chi connectivity index (χ0n) is 8.97. The highest BCUT2D eigenvalue weighted by atomic mass is 16.4. The Morgan fingerprint density at radius 1 is 1.43 bits per heavy atom. The lowest BCUT2D eigenvalue weighted by Crippen LogP contribution is -2.52. The van der Waals surface area contributed by atoms with Crippen molar-refractivity contribution in [3.63, 3.8) is 0 Å². The van der Waals surface area contributed by atoms with Crippen LogP contribution in [0.25, 0.3) is 0 Å². The van der Waals surface area contributed by atoms with Crippen molar-refractivity contribution < 1.29 is 9.90 Å². The maximum Gasteiger partial charge on any atom is 0.323 e. The van der Waals surface area contributed by atoms with Gasteiger partial charge in [-0.15, -0.1) is 6.42 Å². The van der Waals surface area contributed by atoms with Gasteiger partial charge < -0.3 is 5.11 Å². The Kier molecular flexibility index (Phi) is 5.98. The molecule has 2 N–H and O–H groups in total. The summed E-state index contributed by atoms with van der Waals surface area (Å²) in [6.07, 6.45) is 8.04. The van der Waals surface area contributed by atoms with Gasteiger partial charge in [0.15, 0.2) is 0 Å². The minimum atomic E-state index is -0.824. The van der Waals surface area contributed by atoms with Crippen LogP contribution >= 0.6 is 0 Å². The molecular weight excluding hydrogens is 178 g/mol. The van der Waals surface area contributed by atoms with Gasteiger partial charge in [0.25, 0.3) is 0 Å². The van der Waals surface area contributed by atoms with Gasteiger partial charge in [-0.25, -0.2) is 0 Å². The smallest absolute Gasteiger partial charge is 0.323 e. The quantitative estimate of drug-likeness (QED) is 0.610. The number of rotatable bonds is 7. The monoisotopic (exact) mass is 197 g/mol. The van der Waals surface area contributed by atoms with E-state index in [1.165, 1.54) is 0 Å². The van der Waals surface area contributed by atoms with Gasteiger partial charge in [0, 0.05) is 0 Å². The van der Waals surface area contributed by atoms with Crippen molar-refractivity contribution in [3.8, 4) is 12.3 Å². The van der Waals surface area contributed by atoms with Crippen LogP contribution in [0.15, 0.2) is 0 Å². The highest BCUT2D eigenvalue weighted by Gasteiger charge is 2.35. The first-order valence-electron chi connectivity index (χ1n) is 5.04. The Balaban J connectivity index is 4.57. The molecule has 0 fully saturated rings. The molecule has 3 nitrogen and oxygen atoms in total. The van der Waals surface area contributed by atoms with Crippen molar-refractivity contribution in [3.05, 3.63) is 0 Å². The molecule has 0 unspecified atom stereocenters. The Morgan fingerprint density at radius 3 is 2.21 bits per heavy atom. The molecule has 0 bridgehead atoms. The number of hydrogen-bond donors (Lipinski definition) is 2. The summed E-state index contributed by atoms with van der Waals surface area (Å²) in [6, 6.07) is 0. The minimum Gasteiger partial charge on any atom is -0.480 e. The van der Waals surface area contributed by atoms with E-state index in [4.69, 9.17) is 6.42 Å². The Morgan fingerprint density at radius 2 is 1.93 bits per heavy atom. The summed E-state index contributed by atoms with van der Waals surface area (Å²) in [6.45, 7) is 4.27. The summed E-state index contributed by atoms with van der Waals surface area (Å²) < 4.78 is 0. The summed E-state index contributed by atoms with van der Waals surface area (Å²) in [5.74, 6) is 1.63. The molecule has 3 heteroatoms. The standard InChI is InChI=1S/C11H19NO2/c1-4-7-11(8-5-2,10(13)14)12-9-6-3/h3,12H,4-5,7-9H2,1-2H3,(H,13,14). The fourth-order valence-corrected chi connectivity index (χ4v) is 1.67. The molecule has 0 aliphatic rings. The molecule has 80 valence electrons. The van der Waals surface area contributed by atoms with Crippen molar-refractivity contribution in [1.29, 1.82) is 0 Å². The average Bonchev–Trinajstić information content (AvgIpc) is 2.14. The number of carboxylic acid groups (broad SMARTS) is 1. The van der Waals surface area contributed by atoms with E-state index in [0.717, 1.165) is 12.8 Å². The topological polar surface area (TPSA) is 49.3 Å². The normalized spacial score (nSPS) is 10.9. The van der Waals surface area contributed by atoms with Gasteiger partial charge in [-0.3, -0.25) is 10.1 Å². The highest BCUT2D eigenvalue weighted by molar-refractivity contribution is 5.78. The lowest BCUT2D eigenvalue weighted by molar-refractivity contribution is -0.145. The second-order valence-electron chi connectivity index (χ2n) is 3.44. The van der Waals surface area contributed by atoms with Gasteiger partial charge >= 0.3 is 5.97 Å². The van der Waals surface area contributed by atoms with Gasteiger partial charge in [-0.05, 0) is 12.8 Å². The molecule has 0 aromatic rings. The number of aliphatic carboxylic acids is 1. The SMILES string of the molecule is C#CCNC(CCC)(CCC)C(=O)O. The predicted octanol–water partition coefficient (Wildman–Crippen LogP) is 1.63. The number of hydrogen-bond acceptors (Lipinski definition) is 2. The number of terminal acetylenes is 1. The fourth-order valence-electron chi connectivity index (χ4n) is 1.67. The van der Waals surface area contributed by atoms with Crippen molar-refractivity contribution in [2.75, 3.05) is 6.54 Å². The van der Waals surface area contributed by atoms with Crippen molar-refractivity contribution in [1.82, 2.24) is 5.32 Å². The van der Waals surface area contributed by atoms with Crippen molar-refractivity contribution >= 4 is 5.97 Å². The number of nitrogens with one attached hydrogen (secondary N) is 1. The van der Waals surface area contributed by atoms with E-state index in [1.54, 1.807) is 0 Å². The summed E-state index contributed by atoms with van der Waals surface area (Å²) >= 11 is 0. The molecule has 0 aromatic carbocycles. The van der Waals surface area contributed by atoms with E-state index in [2.05, 4.69) is 11.2 Å². The van der Waals surface area contributed by atoms with Crippen LogP contribution in [0, 0.1) is 12.3 Å². The second-order valence-corrected chi connectivity index (χ2v) is 3.44. The van der Waals surface area contributed by atoms with Crippen LogP contribution in [0.1, 0.15) is 39.5 Å². The van der Waals surface area contributed by atoms with Gasteiger partial charge in [0.05, 0.1) is 6.54 Å². The van der Waals surface area contributed by atoms with Gasteiger partial charge in [-0.1, -0.05) is 32.6 Å². The Labute approximate surface area is 85.9 Å². The number of carbonyl (C=O) groups is 1. The molecule has 0 radical (unpaired) electrons. The first kappa shape index (κ1) is 13.0. The summed E-state index contributed by atoms with van der Waals surface area (Å²) in [5, 5.41) is 12.1. The minimum absolute atomic E-state index is 0.312. The van der Waals surface area contributed by atoms with Crippen LogP contribution in [-0.4, -0.2) is 23.2 Å². The number of carboxylic acids is 1. The van der Waals surface area contributed by atoms with Crippen LogP contribution in [0.5, 0.6) is 0 Å². The molecule has 0 aromatic heterocycles. The zero-order valence-corrected chi connectivity index (χ0v) is 8.97. The fraction of sp³-hybridized carbons (Fsp3) is 0.727. The zero-order chi connectivity index (χ0) is 11.0. The molecule has 14 heavy (non-hydrogen) atoms. The maximum absolute atomic E-state index is 11.2. The molecule has 0 aliphatic heterocycles. The maximum atomic E-state index is 11.2. The van der Waals surface area contributed by atoms with Crippen LogP contribution in [0.2, 0.25) is 0 Å². The molecule has 0 rings (SSSR count). The molecule has 0 spiro atoms. The van der Waals surface area contributed by atoms with E-state index in [1.807, 2.05) is 13.8 Å². The Hall–Kier alpha value is -1.01. The van der Waals surface area contributed by atoms with Gasteiger partial charge in [0.2, 0.25) is 0 Å². The van der Waals surface area contributed by atoms with Gasteiger partial charge in [0.1, 0.15) is 5.54 Å². The van der Waals surface area contributed by atoms with Crippen molar-refractivity contribution in [2.45, 2.75) is 45.1 Å². The third kappa shape index (κ3) is 3.39. The summed E-state index contributed by atoms with van der Waals surface area (Å²) in [5.41, 5.74) is -0.824.